The van der Waals surface area contributed by atoms with Crippen LogP contribution >= 0.6 is 0 Å². The van der Waals surface area contributed by atoms with Crippen LogP contribution in [0.2, 0.25) is 0 Å². The van der Waals surface area contributed by atoms with Crippen LogP contribution in [-0.4, -0.2) is 242 Å². The zero-order chi connectivity index (χ0) is 83.4. The number of carbonyl (C=O) groups excluding carboxylic acids is 15. The number of H-pyrrole nitrogens is 1. The number of aliphatic carboxylic acids is 4. The molecule has 0 aliphatic carbocycles. The summed E-state index contributed by atoms with van der Waals surface area (Å²) in [4.78, 5) is 260. The molecule has 2 aromatic rings. The first-order valence-corrected chi connectivity index (χ1v) is 36.3. The second-order valence-electron chi connectivity index (χ2n) is 27.7. The van der Waals surface area contributed by atoms with Gasteiger partial charge in [-0.05, 0) is 75.5 Å². The Hall–Kier alpha value is -11.4. The molecule has 0 bridgehead atoms. The van der Waals surface area contributed by atoms with Crippen LogP contribution in [0.25, 0.3) is 10.9 Å². The lowest BCUT2D eigenvalue weighted by Gasteiger charge is -2.31. The van der Waals surface area contributed by atoms with Crippen LogP contribution in [0.15, 0.2) is 30.5 Å². The van der Waals surface area contributed by atoms with Gasteiger partial charge in [0.15, 0.2) is 0 Å². The number of amides is 14. The lowest BCUT2D eigenvalue weighted by Crippen LogP contribution is -2.62. The second-order valence-corrected chi connectivity index (χ2v) is 27.7. The van der Waals surface area contributed by atoms with Crippen LogP contribution in [0.5, 0.6) is 0 Å². The smallest absolute Gasteiger partial charge is 0.329 e. The number of hydrogen-bond acceptors (Lipinski definition) is 22. The maximum Gasteiger partial charge on any atom is 0.329 e. The van der Waals surface area contributed by atoms with E-state index in [1.165, 1.54) is 20.8 Å². The SMILES string of the molecule is CC(C)CCCCCCCCC(=O)NC(Cc1c[nH]c2ccccc12)C(=O)NC(CCC(=O)O)C(=O)NC(CC(N)=O)C(=O)NC1C(=O)NCC(=O)NC(CCCN)C(=O)NC(CC(=O)O)C(=O)NC(C)C(=O)NC(CC(=O)O)C(=O)NCC(=O)NC(CO)C(=O)NC(C(C)CC(=O)O)C(=O)NC(C(C)C)C(=O)OC1C. The first-order valence-electron chi connectivity index (χ1n) is 36.3. The molecule has 41 nitrogen and oxygen atoms in total. The van der Waals surface area contributed by atoms with E-state index in [-0.39, 0.29) is 32.2 Å². The van der Waals surface area contributed by atoms with Gasteiger partial charge in [0.25, 0.3) is 0 Å². The molecule has 2 heterocycles. The minimum Gasteiger partial charge on any atom is -0.481 e. The Morgan fingerprint density at radius 2 is 1.09 bits per heavy atom. The van der Waals surface area contributed by atoms with E-state index in [1.807, 2.05) is 16.0 Å². The molecule has 1 aromatic carbocycles. The number of nitrogens with two attached hydrogens (primary N) is 2. The topological polar surface area (TPSA) is 659 Å². The molecule has 616 valence electrons. The maximum absolute atomic E-state index is 14.7. The van der Waals surface area contributed by atoms with Crippen molar-refractivity contribution >= 4 is 123 Å². The third-order valence-corrected chi connectivity index (χ3v) is 17.5. The maximum atomic E-state index is 14.7. The minimum absolute atomic E-state index is 0.0113. The van der Waals surface area contributed by atoms with E-state index in [1.54, 1.807) is 30.5 Å². The third kappa shape index (κ3) is 34.0. The number of aromatic amines is 1. The van der Waals surface area contributed by atoms with E-state index < -0.39 is 255 Å². The number of aromatic nitrogens is 1. The standard InChI is InChI=1S/C70H106N16O25/c1-34(2)17-12-10-8-9-11-13-21-50(89)78-44(26-39-30-73-41-19-15-14-18-40(39)41)65(105)80-43(22-23-53(92)93)63(103)82-45(27-49(72)88)66(106)86-59-38(7)111-70(110)57(35(3)4)84-69(109)58(36(5)25-54(94)95)85-67(107)48(33-87)79-52(91)31-74-61(101)46(28-55(96)97)81-60(100)37(6)76-64(104)47(29-56(98)99)83-62(102)42(20-16-24-71)77-51(90)32-75-68(59)108/h14-15,18-19,30,34-38,42-48,57-59,73,87H,8-13,16-17,20-29,31-33,71H2,1-7H3,(H2,72,88)(H,74,101)(H,75,108)(H,76,104)(H,77,90)(H,78,89)(H,79,91)(H,80,105)(H,81,100)(H,82,103)(H,83,102)(H,84,109)(H,85,107)(H,86,106)(H,92,93)(H,94,95)(H,96,97)(H,98,99). The summed E-state index contributed by atoms with van der Waals surface area (Å²) in [5.41, 5.74) is 12.5. The number of cyclic esters (lactones) is 1. The van der Waals surface area contributed by atoms with Crippen molar-refractivity contribution in [1.29, 1.82) is 0 Å². The summed E-state index contributed by atoms with van der Waals surface area (Å²) in [6.45, 7) is 6.48. The van der Waals surface area contributed by atoms with Crippen molar-refractivity contribution in [2.75, 3.05) is 26.2 Å². The highest BCUT2D eigenvalue weighted by atomic mass is 16.5. The molecule has 23 N–H and O–H groups in total. The predicted molar refractivity (Wildman–Crippen MR) is 389 cm³/mol. The van der Waals surface area contributed by atoms with E-state index in [2.05, 4.69) is 72.0 Å². The quantitative estimate of drug-likeness (QED) is 0.0227. The number of carbonyl (C=O) groups is 19. The average molecular weight is 1570 g/mol. The number of hydrogen-bond donors (Lipinski definition) is 21. The van der Waals surface area contributed by atoms with Crippen molar-refractivity contribution in [2.24, 2.45) is 29.2 Å². The van der Waals surface area contributed by atoms with Crippen LogP contribution in [0.3, 0.4) is 0 Å². The van der Waals surface area contributed by atoms with E-state index in [0.29, 0.717) is 35.2 Å². The second kappa shape index (κ2) is 47.5. The number of carboxylic acids is 4. The summed E-state index contributed by atoms with van der Waals surface area (Å²) in [5, 5.41) is 78.8. The number of carboxylic acid groups (broad SMARTS) is 4. The molecule has 0 spiro atoms. The molecule has 0 radical (unpaired) electrons. The first kappa shape index (κ1) is 93.8. The fourth-order valence-corrected chi connectivity index (χ4v) is 11.4. The molecular formula is C70H106N16O25. The van der Waals surface area contributed by atoms with Crippen LogP contribution in [0, 0.1) is 17.8 Å². The molecule has 1 fully saturated rings. The van der Waals surface area contributed by atoms with Gasteiger partial charge in [-0.2, -0.15) is 0 Å². The zero-order valence-electron chi connectivity index (χ0n) is 63.0. The Morgan fingerprint density at radius 3 is 1.68 bits per heavy atom. The molecule has 13 unspecified atom stereocenters. The highest BCUT2D eigenvalue weighted by Gasteiger charge is 2.41. The molecular weight excluding hydrogens is 1460 g/mol. The lowest BCUT2D eigenvalue weighted by atomic mass is 9.95. The summed E-state index contributed by atoms with van der Waals surface area (Å²) in [5.74, 6) is -27.2. The molecule has 1 aromatic heterocycles. The van der Waals surface area contributed by atoms with Gasteiger partial charge >= 0.3 is 29.8 Å². The summed E-state index contributed by atoms with van der Waals surface area (Å²) in [7, 11) is 0. The van der Waals surface area contributed by atoms with E-state index in [4.69, 9.17) is 16.2 Å². The van der Waals surface area contributed by atoms with Crippen LogP contribution in [0.4, 0.5) is 0 Å². The molecule has 111 heavy (non-hydrogen) atoms. The van der Waals surface area contributed by atoms with Gasteiger partial charge in [-0.15, -0.1) is 0 Å². The van der Waals surface area contributed by atoms with Crippen LogP contribution in [0.1, 0.15) is 157 Å². The number of aliphatic hydroxyl groups is 1. The van der Waals surface area contributed by atoms with Gasteiger partial charge in [-0.3, -0.25) is 86.3 Å². The summed E-state index contributed by atoms with van der Waals surface area (Å²) < 4.78 is 5.70. The Morgan fingerprint density at radius 1 is 0.541 bits per heavy atom. The molecule has 1 aliphatic heterocycles. The van der Waals surface area contributed by atoms with Crippen molar-refractivity contribution in [3.63, 3.8) is 0 Å². The number of ether oxygens (including phenoxy) is 1. The fraction of sp³-hybridized carbons (Fsp3) is 0.614. The molecule has 14 amide bonds. The molecule has 3 rings (SSSR count). The highest BCUT2D eigenvalue weighted by Crippen LogP contribution is 2.21. The largest absolute Gasteiger partial charge is 0.481 e. The average Bonchev–Trinajstić information content (AvgIpc) is 1.80. The van der Waals surface area contributed by atoms with Gasteiger partial charge in [0.2, 0.25) is 82.7 Å². The number of nitrogens with one attached hydrogen (secondary N) is 14. The number of rotatable bonds is 35. The normalized spacial score (nSPS) is 21.7. The molecule has 13 atom stereocenters. The monoisotopic (exact) mass is 1570 g/mol. The number of benzene rings is 1. The molecule has 1 aliphatic rings. The van der Waals surface area contributed by atoms with E-state index in [0.717, 1.165) is 46.0 Å². The predicted octanol–water partition coefficient (Wildman–Crippen LogP) is -4.79. The fourth-order valence-electron chi connectivity index (χ4n) is 11.4. The van der Waals surface area contributed by atoms with Gasteiger partial charge in [0.05, 0.1) is 45.4 Å². The van der Waals surface area contributed by atoms with Gasteiger partial charge < -0.3 is 116 Å². The summed E-state index contributed by atoms with van der Waals surface area (Å²) in [6.07, 6.45) is -0.580. The number of primary amides is 1. The van der Waals surface area contributed by atoms with Crippen LogP contribution in [-0.2, 0) is 102 Å². The summed E-state index contributed by atoms with van der Waals surface area (Å²) >= 11 is 0. The number of aliphatic hydroxyl groups excluding tert-OH is 1. The molecule has 1 saturated heterocycles. The van der Waals surface area contributed by atoms with E-state index in [9.17, 15) is 117 Å². The number of fused-ring (bicyclic) bond motifs is 1. The van der Waals surface area contributed by atoms with Gasteiger partial charge in [-0.1, -0.05) is 91.3 Å². The first-order chi connectivity index (χ1) is 52.2. The van der Waals surface area contributed by atoms with Crippen molar-refractivity contribution in [2.45, 2.75) is 230 Å². The van der Waals surface area contributed by atoms with E-state index >= 15 is 0 Å². The number of unbranched alkanes of at least 4 members (excludes halogenated alkanes) is 5. The van der Waals surface area contributed by atoms with Gasteiger partial charge in [0.1, 0.15) is 72.6 Å². The summed E-state index contributed by atoms with van der Waals surface area (Å²) in [6, 6.07) is -14.1. The highest BCUT2D eigenvalue weighted by molar-refractivity contribution is 6.01. The van der Waals surface area contributed by atoms with Crippen LogP contribution < -0.4 is 80.6 Å². The van der Waals surface area contributed by atoms with Crippen molar-refractivity contribution in [3.8, 4) is 0 Å². The third-order valence-electron chi connectivity index (χ3n) is 17.5. The Bertz CT molecular complexity index is 3640. The van der Waals surface area contributed by atoms with Crippen molar-refractivity contribution < 1.29 is 121 Å². The van der Waals surface area contributed by atoms with Gasteiger partial charge in [-0.25, -0.2) is 4.79 Å². The Balaban J connectivity index is 2.18. The Labute approximate surface area is 638 Å². The number of para-hydroxylation sites is 1. The molecule has 0 saturated carbocycles. The molecule has 41 heteroatoms. The zero-order valence-corrected chi connectivity index (χ0v) is 63.0. The Kier molecular flexibility index (Phi) is 40.2. The van der Waals surface area contributed by atoms with Gasteiger partial charge in [0, 0.05) is 36.4 Å². The minimum atomic E-state index is -2.28. The lowest BCUT2D eigenvalue weighted by molar-refractivity contribution is -0.157. The van der Waals surface area contributed by atoms with Crippen molar-refractivity contribution in [1.82, 2.24) is 74.1 Å². The van der Waals surface area contributed by atoms with Crippen molar-refractivity contribution in [3.05, 3.63) is 36.0 Å². The number of esters is 1.